The fraction of sp³-hybridized carbons (Fsp3) is 0.333. The van der Waals surface area contributed by atoms with Gasteiger partial charge in [-0.3, -0.25) is 9.78 Å². The molecule has 1 amide bonds. The molecule has 0 aliphatic carbocycles. The molecular weight excluding hydrogens is 268 g/mol. The molecule has 0 fully saturated rings. The Morgan fingerprint density at radius 1 is 1.38 bits per heavy atom. The number of nitrogens with one attached hydrogen (secondary N) is 2. The molecule has 0 radical (unpaired) electrons. The van der Waals surface area contributed by atoms with Crippen molar-refractivity contribution in [1.82, 2.24) is 15.2 Å². The van der Waals surface area contributed by atoms with Crippen LogP contribution in [0.1, 0.15) is 16.2 Å². The van der Waals surface area contributed by atoms with Crippen LogP contribution in [0.3, 0.4) is 0 Å². The summed E-state index contributed by atoms with van der Waals surface area (Å²) in [5, 5.41) is 6.03. The first-order valence-corrected chi connectivity index (χ1v) is 6.80. The van der Waals surface area contributed by atoms with Crippen molar-refractivity contribution in [3.05, 3.63) is 48.2 Å². The van der Waals surface area contributed by atoms with Gasteiger partial charge in [0, 0.05) is 25.0 Å². The molecule has 2 N–H and O–H groups in total. The van der Waals surface area contributed by atoms with Crippen molar-refractivity contribution in [2.45, 2.75) is 6.54 Å². The lowest BCUT2D eigenvalue weighted by molar-refractivity contribution is 0.0943. The summed E-state index contributed by atoms with van der Waals surface area (Å²) in [4.78, 5) is 18.2. The van der Waals surface area contributed by atoms with Crippen LogP contribution >= 0.6 is 0 Å². The first-order valence-electron chi connectivity index (χ1n) is 6.80. The Kier molecular flexibility index (Phi) is 5.34. The molecule has 21 heavy (non-hydrogen) atoms. The molecule has 6 nitrogen and oxygen atoms in total. The number of carbonyl (C=O) groups is 1. The van der Waals surface area contributed by atoms with Crippen LogP contribution < -0.4 is 10.6 Å². The fourth-order valence-corrected chi connectivity index (χ4v) is 1.76. The molecule has 0 aromatic carbocycles. The molecule has 2 heterocycles. The largest absolute Gasteiger partial charge is 0.467 e. The Morgan fingerprint density at radius 3 is 2.95 bits per heavy atom. The fourth-order valence-electron chi connectivity index (χ4n) is 1.76. The van der Waals surface area contributed by atoms with Crippen molar-refractivity contribution in [2.75, 3.05) is 32.5 Å². The van der Waals surface area contributed by atoms with E-state index in [2.05, 4.69) is 20.5 Å². The molecule has 6 heteroatoms. The SMILES string of the molecule is CN(C)CCNc1ccnc(C(=O)NCc2ccco2)c1. The van der Waals surface area contributed by atoms with Crippen molar-refractivity contribution >= 4 is 11.6 Å². The van der Waals surface area contributed by atoms with Gasteiger partial charge < -0.3 is 20.0 Å². The second-order valence-corrected chi connectivity index (χ2v) is 4.92. The van der Waals surface area contributed by atoms with Gasteiger partial charge in [-0.05, 0) is 38.4 Å². The minimum Gasteiger partial charge on any atom is -0.467 e. The van der Waals surface area contributed by atoms with Gasteiger partial charge in [-0.15, -0.1) is 0 Å². The summed E-state index contributed by atoms with van der Waals surface area (Å²) in [6.07, 6.45) is 3.20. The molecule has 0 saturated heterocycles. The average molecular weight is 288 g/mol. The van der Waals surface area contributed by atoms with E-state index in [1.165, 1.54) is 0 Å². The van der Waals surface area contributed by atoms with E-state index < -0.39 is 0 Å². The van der Waals surface area contributed by atoms with Crippen molar-refractivity contribution < 1.29 is 9.21 Å². The zero-order valence-electron chi connectivity index (χ0n) is 12.3. The molecule has 0 unspecified atom stereocenters. The summed E-state index contributed by atoms with van der Waals surface area (Å²) < 4.78 is 5.17. The highest BCUT2D eigenvalue weighted by Crippen LogP contribution is 2.08. The highest BCUT2D eigenvalue weighted by atomic mass is 16.3. The van der Waals surface area contributed by atoms with Gasteiger partial charge in [0.1, 0.15) is 11.5 Å². The van der Waals surface area contributed by atoms with Crippen LogP contribution in [0.25, 0.3) is 0 Å². The van der Waals surface area contributed by atoms with E-state index in [0.29, 0.717) is 18.0 Å². The highest BCUT2D eigenvalue weighted by molar-refractivity contribution is 5.93. The van der Waals surface area contributed by atoms with E-state index >= 15 is 0 Å². The highest BCUT2D eigenvalue weighted by Gasteiger charge is 2.08. The van der Waals surface area contributed by atoms with Crippen molar-refractivity contribution in [3.8, 4) is 0 Å². The summed E-state index contributed by atoms with van der Waals surface area (Å²) >= 11 is 0. The van der Waals surface area contributed by atoms with Gasteiger partial charge in [0.15, 0.2) is 0 Å². The average Bonchev–Trinajstić information content (AvgIpc) is 2.98. The van der Waals surface area contributed by atoms with E-state index in [-0.39, 0.29) is 5.91 Å². The van der Waals surface area contributed by atoms with Crippen LogP contribution in [0.15, 0.2) is 41.1 Å². The molecule has 112 valence electrons. The third-order valence-corrected chi connectivity index (χ3v) is 2.88. The smallest absolute Gasteiger partial charge is 0.270 e. The summed E-state index contributed by atoms with van der Waals surface area (Å²) in [6, 6.07) is 7.19. The van der Waals surface area contributed by atoms with Gasteiger partial charge >= 0.3 is 0 Å². The lowest BCUT2D eigenvalue weighted by atomic mass is 10.3. The Balaban J connectivity index is 1.88. The van der Waals surface area contributed by atoms with Crippen LogP contribution in [0.2, 0.25) is 0 Å². The number of likely N-dealkylation sites (N-methyl/N-ethyl adjacent to an activating group) is 1. The van der Waals surface area contributed by atoms with Gasteiger partial charge in [-0.1, -0.05) is 0 Å². The zero-order chi connectivity index (χ0) is 15.1. The van der Waals surface area contributed by atoms with E-state index in [1.54, 1.807) is 24.6 Å². The number of pyridine rings is 1. The first-order chi connectivity index (χ1) is 10.1. The van der Waals surface area contributed by atoms with Crippen LogP contribution in [-0.2, 0) is 6.54 Å². The third-order valence-electron chi connectivity index (χ3n) is 2.88. The second-order valence-electron chi connectivity index (χ2n) is 4.92. The number of anilines is 1. The lowest BCUT2D eigenvalue weighted by Crippen LogP contribution is -2.24. The topological polar surface area (TPSA) is 70.4 Å². The Hall–Kier alpha value is -2.34. The predicted octanol–water partition coefficient (Wildman–Crippen LogP) is 1.58. The summed E-state index contributed by atoms with van der Waals surface area (Å²) in [5.74, 6) is 0.492. The molecule has 0 aliphatic rings. The quantitative estimate of drug-likeness (QED) is 0.809. The van der Waals surface area contributed by atoms with Gasteiger partial charge in [0.05, 0.1) is 12.8 Å². The number of carbonyl (C=O) groups excluding carboxylic acids is 1. The Labute approximate surface area is 124 Å². The molecule has 0 atom stereocenters. The minimum atomic E-state index is -0.220. The Morgan fingerprint density at radius 2 is 2.24 bits per heavy atom. The van der Waals surface area contributed by atoms with Crippen LogP contribution in [0.4, 0.5) is 5.69 Å². The second kappa shape index (κ2) is 7.44. The lowest BCUT2D eigenvalue weighted by Gasteiger charge is -2.11. The van der Waals surface area contributed by atoms with E-state index in [4.69, 9.17) is 4.42 Å². The number of furan rings is 1. The molecule has 0 aliphatic heterocycles. The number of aromatic nitrogens is 1. The normalized spacial score (nSPS) is 10.6. The van der Waals surface area contributed by atoms with Gasteiger partial charge in [-0.2, -0.15) is 0 Å². The van der Waals surface area contributed by atoms with Crippen LogP contribution in [0.5, 0.6) is 0 Å². The molecule has 0 spiro atoms. The van der Waals surface area contributed by atoms with E-state index in [1.807, 2.05) is 26.2 Å². The monoisotopic (exact) mass is 288 g/mol. The van der Waals surface area contributed by atoms with E-state index in [9.17, 15) is 4.79 Å². The maximum atomic E-state index is 12.0. The summed E-state index contributed by atoms with van der Waals surface area (Å²) in [5.41, 5.74) is 1.27. The third kappa shape index (κ3) is 4.92. The standard InChI is InChI=1S/C15H20N4O2/c1-19(2)8-7-16-12-5-6-17-14(10-12)15(20)18-11-13-4-3-9-21-13/h3-6,9-10H,7-8,11H2,1-2H3,(H,16,17)(H,18,20). The molecular formula is C15H20N4O2. The maximum absolute atomic E-state index is 12.0. The molecule has 0 saturated carbocycles. The molecule has 2 aromatic heterocycles. The molecule has 2 aromatic rings. The number of hydrogen-bond acceptors (Lipinski definition) is 5. The number of amides is 1. The number of nitrogens with zero attached hydrogens (tertiary/aromatic N) is 2. The van der Waals surface area contributed by atoms with Crippen LogP contribution in [-0.4, -0.2) is 43.0 Å². The van der Waals surface area contributed by atoms with Crippen molar-refractivity contribution in [2.24, 2.45) is 0 Å². The molecule has 0 bridgehead atoms. The molecule has 2 rings (SSSR count). The Bertz CT molecular complexity index is 567. The van der Waals surface area contributed by atoms with Crippen LogP contribution in [0, 0.1) is 0 Å². The minimum absolute atomic E-state index is 0.220. The maximum Gasteiger partial charge on any atom is 0.270 e. The summed E-state index contributed by atoms with van der Waals surface area (Å²) in [7, 11) is 4.03. The van der Waals surface area contributed by atoms with Gasteiger partial charge in [0.2, 0.25) is 0 Å². The zero-order valence-corrected chi connectivity index (χ0v) is 12.3. The first kappa shape index (κ1) is 15.1. The predicted molar refractivity (Wildman–Crippen MR) is 81.2 cm³/mol. The van der Waals surface area contributed by atoms with Crippen molar-refractivity contribution in [1.29, 1.82) is 0 Å². The van der Waals surface area contributed by atoms with Gasteiger partial charge in [-0.25, -0.2) is 0 Å². The number of hydrogen-bond donors (Lipinski definition) is 2. The van der Waals surface area contributed by atoms with Gasteiger partial charge in [0.25, 0.3) is 5.91 Å². The van der Waals surface area contributed by atoms with E-state index in [0.717, 1.165) is 18.8 Å². The number of rotatable bonds is 7. The summed E-state index contributed by atoms with van der Waals surface area (Å²) in [6.45, 7) is 2.08. The van der Waals surface area contributed by atoms with Crippen molar-refractivity contribution in [3.63, 3.8) is 0 Å².